The van der Waals surface area contributed by atoms with E-state index in [4.69, 9.17) is 11.6 Å². The highest BCUT2D eigenvalue weighted by Crippen LogP contribution is 2.23. The van der Waals surface area contributed by atoms with E-state index in [1.807, 2.05) is 18.2 Å². The molecule has 5 nitrogen and oxygen atoms in total. The maximum absolute atomic E-state index is 12.6. The summed E-state index contributed by atoms with van der Waals surface area (Å²) in [5, 5.41) is 4.74. The van der Waals surface area contributed by atoms with Crippen molar-refractivity contribution < 1.29 is 4.79 Å². The molecule has 7 heteroatoms. The normalized spacial score (nSPS) is 13.4. The molecule has 4 rings (SSSR count). The first-order valence-electron chi connectivity index (χ1n) is 8.32. The van der Waals surface area contributed by atoms with E-state index in [1.54, 1.807) is 40.6 Å². The number of nitrogens with zero attached hydrogens (tertiary/aromatic N) is 2. The molecule has 3 aromatic rings. The molecule has 0 aliphatic carbocycles. The Hall–Kier alpha value is -2.31. The minimum Gasteiger partial charge on any atom is -0.348 e. The van der Waals surface area contributed by atoms with Crippen molar-refractivity contribution in [1.82, 2.24) is 14.9 Å². The second kappa shape index (κ2) is 7.13. The number of amides is 1. The molecule has 0 atom stereocenters. The van der Waals surface area contributed by atoms with Crippen LogP contribution in [0.1, 0.15) is 22.3 Å². The molecule has 0 saturated carbocycles. The summed E-state index contributed by atoms with van der Waals surface area (Å²) >= 11 is 7.69. The van der Waals surface area contributed by atoms with Crippen LogP contribution in [0.4, 0.5) is 0 Å². The van der Waals surface area contributed by atoms with Crippen molar-refractivity contribution in [3.05, 3.63) is 69.0 Å². The highest BCUT2D eigenvalue weighted by Gasteiger charge is 2.16. The van der Waals surface area contributed by atoms with Gasteiger partial charge >= 0.3 is 0 Å². The molecule has 0 fully saturated rings. The first-order valence-corrected chi connectivity index (χ1v) is 9.69. The molecular weight excluding hydrogens is 370 g/mol. The van der Waals surface area contributed by atoms with Crippen LogP contribution in [0.15, 0.2) is 52.4 Å². The fourth-order valence-corrected chi connectivity index (χ4v) is 4.11. The average Bonchev–Trinajstić information content (AvgIpc) is 2.67. The topological polar surface area (TPSA) is 64.0 Å². The lowest BCUT2D eigenvalue weighted by Crippen LogP contribution is -2.27. The predicted molar refractivity (Wildman–Crippen MR) is 104 cm³/mol. The van der Waals surface area contributed by atoms with Crippen LogP contribution in [0.2, 0.25) is 5.02 Å². The summed E-state index contributed by atoms with van der Waals surface area (Å²) in [5.41, 5.74) is 1.84. The van der Waals surface area contributed by atoms with Gasteiger partial charge in [0.15, 0.2) is 5.16 Å². The van der Waals surface area contributed by atoms with Crippen LogP contribution in [0.25, 0.3) is 10.9 Å². The third-order valence-corrected chi connectivity index (χ3v) is 5.77. The van der Waals surface area contributed by atoms with Crippen molar-refractivity contribution in [3.63, 3.8) is 0 Å². The fraction of sp³-hybridized carbons (Fsp3) is 0.211. The fourth-order valence-electron chi connectivity index (χ4n) is 2.95. The van der Waals surface area contributed by atoms with E-state index in [-0.39, 0.29) is 11.5 Å². The number of hydrogen-bond acceptors (Lipinski definition) is 4. The van der Waals surface area contributed by atoms with Crippen molar-refractivity contribution in [1.29, 1.82) is 0 Å². The molecule has 1 amide bonds. The summed E-state index contributed by atoms with van der Waals surface area (Å²) in [5.74, 6) is 0.731. The highest BCUT2D eigenvalue weighted by atomic mass is 35.5. The number of aromatic nitrogens is 2. The van der Waals surface area contributed by atoms with Gasteiger partial charge in [-0.1, -0.05) is 41.6 Å². The molecule has 0 spiro atoms. The molecular formula is C19H16ClN3O2S. The van der Waals surface area contributed by atoms with Crippen molar-refractivity contribution in [2.75, 3.05) is 5.75 Å². The van der Waals surface area contributed by atoms with Crippen molar-refractivity contribution in [2.24, 2.45) is 0 Å². The number of hydrogen-bond donors (Lipinski definition) is 1. The Morgan fingerprint density at radius 2 is 2.12 bits per heavy atom. The van der Waals surface area contributed by atoms with Crippen LogP contribution in [-0.4, -0.2) is 21.2 Å². The van der Waals surface area contributed by atoms with Gasteiger partial charge < -0.3 is 5.32 Å². The Kier molecular flexibility index (Phi) is 4.70. The van der Waals surface area contributed by atoms with E-state index in [2.05, 4.69) is 10.3 Å². The Morgan fingerprint density at radius 1 is 1.27 bits per heavy atom. The third kappa shape index (κ3) is 3.22. The monoisotopic (exact) mass is 385 g/mol. The van der Waals surface area contributed by atoms with Gasteiger partial charge in [-0.25, -0.2) is 4.98 Å². The summed E-state index contributed by atoms with van der Waals surface area (Å²) < 4.78 is 1.72. The molecule has 26 heavy (non-hydrogen) atoms. The number of nitrogens with one attached hydrogen (secondary N) is 1. The Morgan fingerprint density at radius 3 is 2.96 bits per heavy atom. The maximum atomic E-state index is 12.6. The summed E-state index contributed by atoms with van der Waals surface area (Å²) in [6.07, 6.45) is 0.966. The van der Waals surface area contributed by atoms with Gasteiger partial charge in [0, 0.05) is 29.4 Å². The summed E-state index contributed by atoms with van der Waals surface area (Å²) in [6.45, 7) is 1.04. The highest BCUT2D eigenvalue weighted by molar-refractivity contribution is 7.99. The molecule has 2 heterocycles. The molecule has 0 unspecified atom stereocenters. The van der Waals surface area contributed by atoms with Gasteiger partial charge in [0.2, 0.25) is 0 Å². The standard InChI is InChI=1S/C19H16ClN3O2S/c20-15-5-2-1-4-13(15)11-21-17(24)12-6-7-14-16(10-12)22-19-23(18(14)25)8-3-9-26-19/h1-2,4-7,10H,3,8-9,11H2,(H,21,24). The minimum absolute atomic E-state index is 0.0415. The van der Waals surface area contributed by atoms with Crippen LogP contribution in [0, 0.1) is 0 Å². The molecule has 1 N–H and O–H groups in total. The van der Waals surface area contributed by atoms with Crippen molar-refractivity contribution in [2.45, 2.75) is 24.7 Å². The minimum atomic E-state index is -0.223. The quantitative estimate of drug-likeness (QED) is 0.701. The average molecular weight is 386 g/mol. The van der Waals surface area contributed by atoms with E-state index in [0.717, 1.165) is 22.9 Å². The molecule has 1 aliphatic rings. The van der Waals surface area contributed by atoms with Gasteiger partial charge in [0.05, 0.1) is 10.9 Å². The number of thioether (sulfide) groups is 1. The number of halogens is 1. The molecule has 2 aromatic carbocycles. The van der Waals surface area contributed by atoms with E-state index >= 15 is 0 Å². The maximum Gasteiger partial charge on any atom is 0.262 e. The largest absolute Gasteiger partial charge is 0.348 e. The van der Waals surface area contributed by atoms with Gasteiger partial charge in [-0.3, -0.25) is 14.2 Å². The van der Waals surface area contributed by atoms with Gasteiger partial charge in [0.1, 0.15) is 0 Å². The molecule has 1 aliphatic heterocycles. The zero-order valence-electron chi connectivity index (χ0n) is 13.9. The smallest absolute Gasteiger partial charge is 0.262 e. The van der Waals surface area contributed by atoms with Gasteiger partial charge in [-0.2, -0.15) is 0 Å². The van der Waals surface area contributed by atoms with E-state index in [0.29, 0.717) is 34.6 Å². The zero-order valence-corrected chi connectivity index (χ0v) is 15.4. The van der Waals surface area contributed by atoms with Gasteiger partial charge in [0.25, 0.3) is 11.5 Å². The molecule has 0 radical (unpaired) electrons. The van der Waals surface area contributed by atoms with Gasteiger partial charge in [-0.05, 0) is 36.2 Å². The number of rotatable bonds is 3. The molecule has 0 bridgehead atoms. The Labute approximate surface area is 159 Å². The van der Waals surface area contributed by atoms with Gasteiger partial charge in [-0.15, -0.1) is 0 Å². The second-order valence-corrected chi connectivity index (χ2v) is 7.53. The molecule has 0 saturated heterocycles. The number of benzene rings is 2. The lowest BCUT2D eigenvalue weighted by molar-refractivity contribution is 0.0951. The summed E-state index contributed by atoms with van der Waals surface area (Å²) in [4.78, 5) is 29.6. The number of fused-ring (bicyclic) bond motifs is 2. The summed E-state index contributed by atoms with van der Waals surface area (Å²) in [7, 11) is 0. The summed E-state index contributed by atoms with van der Waals surface area (Å²) in [6, 6.07) is 12.4. The third-order valence-electron chi connectivity index (χ3n) is 4.34. The van der Waals surface area contributed by atoms with Crippen LogP contribution in [-0.2, 0) is 13.1 Å². The van der Waals surface area contributed by atoms with Crippen LogP contribution in [0.3, 0.4) is 0 Å². The van der Waals surface area contributed by atoms with E-state index < -0.39 is 0 Å². The Balaban J connectivity index is 1.61. The number of carbonyl (C=O) groups excluding carboxylic acids is 1. The van der Waals surface area contributed by atoms with Crippen LogP contribution in [0.5, 0.6) is 0 Å². The lowest BCUT2D eigenvalue weighted by atomic mass is 10.1. The Bertz CT molecular complexity index is 1060. The van der Waals surface area contributed by atoms with Crippen LogP contribution >= 0.6 is 23.4 Å². The second-order valence-electron chi connectivity index (χ2n) is 6.06. The van der Waals surface area contributed by atoms with Crippen molar-refractivity contribution in [3.8, 4) is 0 Å². The van der Waals surface area contributed by atoms with Crippen molar-refractivity contribution >= 4 is 40.2 Å². The SMILES string of the molecule is O=C(NCc1ccccc1Cl)c1ccc2c(=O)n3c(nc2c1)SCCC3. The first kappa shape index (κ1) is 17.1. The predicted octanol–water partition coefficient (Wildman–Crippen LogP) is 3.48. The first-order chi connectivity index (χ1) is 12.6. The lowest BCUT2D eigenvalue weighted by Gasteiger charge is -2.17. The molecule has 132 valence electrons. The van der Waals surface area contributed by atoms with E-state index in [9.17, 15) is 9.59 Å². The number of carbonyl (C=O) groups is 1. The molecule has 1 aromatic heterocycles. The van der Waals surface area contributed by atoms with E-state index in [1.165, 1.54) is 0 Å². The zero-order chi connectivity index (χ0) is 18.1. The van der Waals surface area contributed by atoms with Crippen LogP contribution < -0.4 is 10.9 Å².